The quantitative estimate of drug-likeness (QED) is 0.912. The molecule has 0 radical (unpaired) electrons. The lowest BCUT2D eigenvalue weighted by Gasteiger charge is -2.17. The van der Waals surface area contributed by atoms with Gasteiger partial charge in [-0.3, -0.25) is 4.98 Å². The van der Waals surface area contributed by atoms with Gasteiger partial charge in [-0.2, -0.15) is 0 Å². The third-order valence-corrected chi connectivity index (χ3v) is 3.48. The van der Waals surface area contributed by atoms with Crippen LogP contribution in [0.15, 0.2) is 47.2 Å². The van der Waals surface area contributed by atoms with Gasteiger partial charge in [0.05, 0.1) is 0 Å². The molecule has 19 heavy (non-hydrogen) atoms. The topological polar surface area (TPSA) is 34.1 Å². The van der Waals surface area contributed by atoms with Crippen molar-refractivity contribution in [1.29, 1.82) is 0 Å². The van der Waals surface area contributed by atoms with E-state index in [9.17, 15) is 0 Å². The second-order valence-corrected chi connectivity index (χ2v) is 5.26. The molecule has 0 spiro atoms. The molecule has 0 saturated carbocycles. The summed E-state index contributed by atoms with van der Waals surface area (Å²) in [6, 6.07) is 10.2. The van der Waals surface area contributed by atoms with E-state index >= 15 is 0 Å². The van der Waals surface area contributed by atoms with E-state index in [1.165, 1.54) is 0 Å². The van der Waals surface area contributed by atoms with E-state index in [-0.39, 0.29) is 6.04 Å². The molecule has 0 fully saturated rings. The highest BCUT2D eigenvalue weighted by Crippen LogP contribution is 2.29. The minimum Gasteiger partial charge on any atom is -0.489 e. The van der Waals surface area contributed by atoms with Crippen molar-refractivity contribution in [1.82, 2.24) is 10.3 Å². The van der Waals surface area contributed by atoms with Crippen molar-refractivity contribution >= 4 is 15.9 Å². The molecule has 1 atom stereocenters. The third-order valence-electron chi connectivity index (χ3n) is 2.99. The van der Waals surface area contributed by atoms with E-state index in [1.54, 1.807) is 6.20 Å². The Morgan fingerprint density at radius 2 is 2.21 bits per heavy atom. The first-order valence-corrected chi connectivity index (χ1v) is 6.98. The van der Waals surface area contributed by atoms with E-state index in [4.69, 9.17) is 4.74 Å². The lowest BCUT2D eigenvalue weighted by Crippen LogP contribution is -2.13. The summed E-state index contributed by atoms with van der Waals surface area (Å²) in [6.07, 6.45) is 3.58. The van der Waals surface area contributed by atoms with Gasteiger partial charge in [0.1, 0.15) is 12.4 Å². The van der Waals surface area contributed by atoms with E-state index in [2.05, 4.69) is 39.2 Å². The number of halogens is 1. The molecule has 0 aliphatic rings. The first kappa shape index (κ1) is 14.0. The molecule has 1 unspecified atom stereocenters. The van der Waals surface area contributed by atoms with Crippen molar-refractivity contribution < 1.29 is 4.74 Å². The molecule has 1 aromatic heterocycles. The Balaban J connectivity index is 2.15. The number of pyridine rings is 1. The molecular weight excluding hydrogens is 304 g/mol. The number of nitrogens with zero attached hydrogens (tertiary/aromatic N) is 1. The maximum Gasteiger partial charge on any atom is 0.124 e. The summed E-state index contributed by atoms with van der Waals surface area (Å²) in [6.45, 7) is 2.64. The molecule has 3 nitrogen and oxygen atoms in total. The zero-order valence-electron chi connectivity index (χ0n) is 11.1. The average molecular weight is 321 g/mol. The molecule has 100 valence electrons. The van der Waals surface area contributed by atoms with Gasteiger partial charge in [-0.15, -0.1) is 0 Å². The summed E-state index contributed by atoms with van der Waals surface area (Å²) in [5.41, 5.74) is 2.20. The number of nitrogens with one attached hydrogen (secondary N) is 1. The fourth-order valence-electron chi connectivity index (χ4n) is 1.79. The molecule has 0 saturated heterocycles. The second kappa shape index (κ2) is 6.68. The Kier molecular flexibility index (Phi) is 4.93. The van der Waals surface area contributed by atoms with Gasteiger partial charge in [0.2, 0.25) is 0 Å². The van der Waals surface area contributed by atoms with Crippen LogP contribution in [0.25, 0.3) is 0 Å². The largest absolute Gasteiger partial charge is 0.489 e. The molecule has 2 aromatic rings. The van der Waals surface area contributed by atoms with E-state index in [0.29, 0.717) is 6.61 Å². The monoisotopic (exact) mass is 320 g/mol. The van der Waals surface area contributed by atoms with Gasteiger partial charge in [0, 0.05) is 34.0 Å². The molecule has 0 aliphatic heterocycles. The Morgan fingerprint density at radius 1 is 1.37 bits per heavy atom. The second-order valence-electron chi connectivity index (χ2n) is 4.34. The maximum atomic E-state index is 5.90. The zero-order chi connectivity index (χ0) is 13.7. The standard InChI is InChI=1S/C15H17BrN2O/c1-11(17-2)14-8-13(16)5-6-15(14)19-10-12-4-3-7-18-9-12/h3-9,11,17H,10H2,1-2H3. The summed E-state index contributed by atoms with van der Waals surface area (Å²) >= 11 is 3.50. The summed E-state index contributed by atoms with van der Waals surface area (Å²) in [7, 11) is 1.94. The van der Waals surface area contributed by atoms with Crippen LogP contribution in [0.4, 0.5) is 0 Å². The molecule has 2 rings (SSSR count). The molecule has 0 amide bonds. The maximum absolute atomic E-state index is 5.90. The zero-order valence-corrected chi connectivity index (χ0v) is 12.6. The molecule has 0 bridgehead atoms. The van der Waals surface area contributed by atoms with Crippen molar-refractivity contribution in [2.75, 3.05) is 7.05 Å². The number of aromatic nitrogens is 1. The van der Waals surface area contributed by atoms with Gasteiger partial charge in [-0.1, -0.05) is 22.0 Å². The van der Waals surface area contributed by atoms with E-state index < -0.39 is 0 Å². The Hall–Kier alpha value is -1.39. The predicted octanol–water partition coefficient (Wildman–Crippen LogP) is 3.70. The highest BCUT2D eigenvalue weighted by Gasteiger charge is 2.10. The van der Waals surface area contributed by atoms with Crippen LogP contribution in [0, 0.1) is 0 Å². The van der Waals surface area contributed by atoms with E-state index in [1.807, 2.05) is 37.5 Å². The highest BCUT2D eigenvalue weighted by molar-refractivity contribution is 9.10. The molecule has 1 aromatic carbocycles. The normalized spacial score (nSPS) is 12.2. The molecular formula is C15H17BrN2O. The van der Waals surface area contributed by atoms with Crippen LogP contribution < -0.4 is 10.1 Å². The van der Waals surface area contributed by atoms with Crippen LogP contribution in [-0.4, -0.2) is 12.0 Å². The smallest absolute Gasteiger partial charge is 0.124 e. The molecule has 1 heterocycles. The molecule has 0 aliphatic carbocycles. The van der Waals surface area contributed by atoms with Crippen molar-refractivity contribution in [3.8, 4) is 5.75 Å². The van der Waals surface area contributed by atoms with Gasteiger partial charge >= 0.3 is 0 Å². The molecule has 1 N–H and O–H groups in total. The number of rotatable bonds is 5. The van der Waals surface area contributed by atoms with Gasteiger partial charge in [0.25, 0.3) is 0 Å². The van der Waals surface area contributed by atoms with Crippen molar-refractivity contribution in [3.05, 3.63) is 58.3 Å². The van der Waals surface area contributed by atoms with Crippen LogP contribution in [0.3, 0.4) is 0 Å². The number of hydrogen-bond donors (Lipinski definition) is 1. The summed E-state index contributed by atoms with van der Waals surface area (Å²) < 4.78 is 6.95. The Labute approximate surface area is 122 Å². The number of benzene rings is 1. The van der Waals surface area contributed by atoms with Gasteiger partial charge in [-0.25, -0.2) is 0 Å². The highest BCUT2D eigenvalue weighted by atomic mass is 79.9. The summed E-state index contributed by atoms with van der Waals surface area (Å²) in [5, 5.41) is 3.23. The van der Waals surface area contributed by atoms with Gasteiger partial charge in [0.15, 0.2) is 0 Å². The minimum absolute atomic E-state index is 0.237. The lowest BCUT2D eigenvalue weighted by atomic mass is 10.1. The number of hydrogen-bond acceptors (Lipinski definition) is 3. The van der Waals surface area contributed by atoms with Crippen LogP contribution in [-0.2, 0) is 6.61 Å². The predicted molar refractivity (Wildman–Crippen MR) is 80.2 cm³/mol. The van der Waals surface area contributed by atoms with E-state index in [0.717, 1.165) is 21.3 Å². The van der Waals surface area contributed by atoms with Crippen LogP contribution in [0.2, 0.25) is 0 Å². The Bertz CT molecular complexity index is 531. The fraction of sp³-hybridized carbons (Fsp3) is 0.267. The number of ether oxygens (including phenoxy) is 1. The third kappa shape index (κ3) is 3.78. The summed E-state index contributed by atoms with van der Waals surface area (Å²) in [4.78, 5) is 4.08. The van der Waals surface area contributed by atoms with Gasteiger partial charge in [-0.05, 0) is 38.2 Å². The van der Waals surface area contributed by atoms with Crippen LogP contribution in [0.5, 0.6) is 5.75 Å². The Morgan fingerprint density at radius 3 is 2.89 bits per heavy atom. The average Bonchev–Trinajstić information content (AvgIpc) is 2.46. The SMILES string of the molecule is CNC(C)c1cc(Br)ccc1OCc1cccnc1. The fourth-order valence-corrected chi connectivity index (χ4v) is 2.17. The van der Waals surface area contributed by atoms with Crippen molar-refractivity contribution in [2.45, 2.75) is 19.6 Å². The van der Waals surface area contributed by atoms with Crippen molar-refractivity contribution in [3.63, 3.8) is 0 Å². The lowest BCUT2D eigenvalue weighted by molar-refractivity contribution is 0.300. The van der Waals surface area contributed by atoms with Gasteiger partial charge < -0.3 is 10.1 Å². The first-order valence-electron chi connectivity index (χ1n) is 6.19. The summed E-state index contributed by atoms with van der Waals surface area (Å²) in [5.74, 6) is 0.897. The molecule has 4 heteroatoms. The van der Waals surface area contributed by atoms with Crippen LogP contribution in [0.1, 0.15) is 24.1 Å². The van der Waals surface area contributed by atoms with Crippen LogP contribution >= 0.6 is 15.9 Å². The first-order chi connectivity index (χ1) is 9.20. The van der Waals surface area contributed by atoms with Crippen molar-refractivity contribution in [2.24, 2.45) is 0 Å². The minimum atomic E-state index is 0.237.